The summed E-state index contributed by atoms with van der Waals surface area (Å²) in [5.74, 6) is 0.869. The highest BCUT2D eigenvalue weighted by molar-refractivity contribution is 5.79. The van der Waals surface area contributed by atoms with Gasteiger partial charge in [-0.15, -0.1) is 0 Å². The molecular weight excluding hydrogens is 312 g/mol. The van der Waals surface area contributed by atoms with Crippen LogP contribution in [0.4, 0.5) is 5.82 Å². The molecule has 0 atom stereocenters. The van der Waals surface area contributed by atoms with Crippen LogP contribution in [0.25, 0.3) is 16.8 Å². The highest BCUT2D eigenvalue weighted by Gasteiger charge is 2.18. The first kappa shape index (κ1) is 15.6. The quantitative estimate of drug-likeness (QED) is 0.769. The average molecular weight is 332 g/mol. The summed E-state index contributed by atoms with van der Waals surface area (Å²) < 4.78 is 1.76. The van der Waals surface area contributed by atoms with Crippen molar-refractivity contribution in [2.24, 2.45) is 5.73 Å². The van der Waals surface area contributed by atoms with Crippen LogP contribution in [0.5, 0.6) is 0 Å². The first-order valence-electron chi connectivity index (χ1n) is 8.60. The molecule has 3 heterocycles. The number of hydrogen-bond donors (Lipinski definition) is 2. The van der Waals surface area contributed by atoms with E-state index in [9.17, 15) is 0 Å². The Balaban J connectivity index is 1.62. The van der Waals surface area contributed by atoms with Crippen molar-refractivity contribution in [1.29, 1.82) is 5.26 Å². The monoisotopic (exact) mass is 332 g/mol. The summed E-state index contributed by atoms with van der Waals surface area (Å²) in [4.78, 5) is 4.76. The highest BCUT2D eigenvalue weighted by Crippen LogP contribution is 2.26. The molecule has 0 radical (unpaired) electrons. The zero-order chi connectivity index (χ0) is 17.2. The lowest BCUT2D eigenvalue weighted by Gasteiger charge is -2.27. The predicted octanol–water partition coefficient (Wildman–Crippen LogP) is 2.95. The molecule has 3 aromatic heterocycles. The van der Waals surface area contributed by atoms with Gasteiger partial charge < -0.3 is 11.1 Å². The van der Waals surface area contributed by atoms with Gasteiger partial charge in [-0.1, -0.05) is 6.07 Å². The van der Waals surface area contributed by atoms with E-state index in [2.05, 4.69) is 16.5 Å². The second-order valence-corrected chi connectivity index (χ2v) is 6.58. The Hall–Kier alpha value is -2.91. The Labute approximate surface area is 146 Å². The second kappa shape index (κ2) is 6.54. The summed E-state index contributed by atoms with van der Waals surface area (Å²) in [6.45, 7) is 0. The topological polar surface area (TPSA) is 92.0 Å². The Morgan fingerprint density at radius 1 is 1.20 bits per heavy atom. The van der Waals surface area contributed by atoms with Gasteiger partial charge in [0.05, 0.1) is 29.0 Å². The summed E-state index contributed by atoms with van der Waals surface area (Å²) in [6, 6.07) is 12.5. The minimum absolute atomic E-state index is 0.338. The molecule has 0 saturated heterocycles. The van der Waals surface area contributed by atoms with Gasteiger partial charge in [0.1, 0.15) is 5.82 Å². The van der Waals surface area contributed by atoms with E-state index in [4.69, 9.17) is 16.0 Å². The van der Waals surface area contributed by atoms with Crippen LogP contribution in [0, 0.1) is 11.3 Å². The van der Waals surface area contributed by atoms with E-state index in [0.29, 0.717) is 17.6 Å². The maximum Gasteiger partial charge on any atom is 0.126 e. The SMILES string of the molecule is N#Cc1ccn2ncc(-c3cccc(NC4CCC(N)CC4)n3)c2c1. The molecule has 1 aliphatic rings. The summed E-state index contributed by atoms with van der Waals surface area (Å²) in [5.41, 5.74) is 9.25. The number of nitrogens with two attached hydrogens (primary N) is 1. The molecule has 1 aliphatic carbocycles. The average Bonchev–Trinajstić information content (AvgIpc) is 3.07. The van der Waals surface area contributed by atoms with Gasteiger partial charge in [0.15, 0.2) is 0 Å². The molecule has 3 aromatic rings. The Morgan fingerprint density at radius 2 is 2.04 bits per heavy atom. The van der Waals surface area contributed by atoms with E-state index in [-0.39, 0.29) is 0 Å². The van der Waals surface area contributed by atoms with Crippen LogP contribution < -0.4 is 11.1 Å². The standard InChI is InChI=1S/C19H20N6/c20-11-13-8-9-25-18(10-13)16(12-22-25)17-2-1-3-19(24-17)23-15-6-4-14(21)5-7-15/h1-3,8-10,12,14-15H,4-7,21H2,(H,23,24). The van der Waals surface area contributed by atoms with Crippen molar-refractivity contribution in [3.8, 4) is 17.3 Å². The number of nitrogens with zero attached hydrogens (tertiary/aromatic N) is 4. The van der Waals surface area contributed by atoms with Crippen molar-refractivity contribution < 1.29 is 0 Å². The van der Waals surface area contributed by atoms with Crippen molar-refractivity contribution >= 4 is 11.3 Å². The smallest absolute Gasteiger partial charge is 0.126 e. The first-order valence-corrected chi connectivity index (χ1v) is 8.60. The van der Waals surface area contributed by atoms with Gasteiger partial charge in [0.2, 0.25) is 0 Å². The molecule has 6 heteroatoms. The van der Waals surface area contributed by atoms with E-state index < -0.39 is 0 Å². The molecule has 0 bridgehead atoms. The lowest BCUT2D eigenvalue weighted by atomic mass is 9.92. The van der Waals surface area contributed by atoms with Gasteiger partial charge in [0, 0.05) is 23.8 Å². The number of aromatic nitrogens is 3. The lowest BCUT2D eigenvalue weighted by Crippen LogP contribution is -2.33. The van der Waals surface area contributed by atoms with Gasteiger partial charge in [-0.2, -0.15) is 10.4 Å². The Kier molecular flexibility index (Phi) is 4.08. The van der Waals surface area contributed by atoms with Gasteiger partial charge in [-0.05, 0) is 49.9 Å². The Bertz CT molecular complexity index is 930. The van der Waals surface area contributed by atoms with Gasteiger partial charge in [-0.25, -0.2) is 9.50 Å². The number of nitriles is 1. The van der Waals surface area contributed by atoms with E-state index in [1.165, 1.54) is 0 Å². The summed E-state index contributed by atoms with van der Waals surface area (Å²) in [5, 5.41) is 17.0. The van der Waals surface area contributed by atoms with Crippen LogP contribution in [0.1, 0.15) is 31.2 Å². The summed E-state index contributed by atoms with van der Waals surface area (Å²) >= 11 is 0. The zero-order valence-electron chi connectivity index (χ0n) is 13.9. The number of rotatable bonds is 3. The molecule has 25 heavy (non-hydrogen) atoms. The maximum absolute atomic E-state index is 9.13. The van der Waals surface area contributed by atoms with Gasteiger partial charge in [-0.3, -0.25) is 0 Å². The van der Waals surface area contributed by atoms with Crippen LogP contribution in [0.3, 0.4) is 0 Å². The van der Waals surface area contributed by atoms with E-state index in [1.807, 2.05) is 24.3 Å². The summed E-state index contributed by atoms with van der Waals surface area (Å²) in [6.07, 6.45) is 7.86. The fourth-order valence-corrected chi connectivity index (χ4v) is 3.39. The third kappa shape index (κ3) is 3.19. The molecular formula is C19H20N6. The predicted molar refractivity (Wildman–Crippen MR) is 97.0 cm³/mol. The van der Waals surface area contributed by atoms with Gasteiger partial charge >= 0.3 is 0 Å². The molecule has 6 nitrogen and oxygen atoms in total. The lowest BCUT2D eigenvalue weighted by molar-refractivity contribution is 0.410. The van der Waals surface area contributed by atoms with Crippen molar-refractivity contribution in [2.45, 2.75) is 37.8 Å². The zero-order valence-corrected chi connectivity index (χ0v) is 13.9. The third-order valence-electron chi connectivity index (χ3n) is 4.80. The van der Waals surface area contributed by atoms with Gasteiger partial charge in [0.25, 0.3) is 0 Å². The minimum atomic E-state index is 0.338. The largest absolute Gasteiger partial charge is 0.367 e. The van der Waals surface area contributed by atoms with E-state index in [1.54, 1.807) is 23.0 Å². The fourth-order valence-electron chi connectivity index (χ4n) is 3.39. The number of nitrogens with one attached hydrogen (secondary N) is 1. The molecule has 0 aromatic carbocycles. The molecule has 0 unspecified atom stereocenters. The van der Waals surface area contributed by atoms with Crippen LogP contribution in [0.2, 0.25) is 0 Å². The van der Waals surface area contributed by atoms with Crippen molar-refractivity contribution in [3.63, 3.8) is 0 Å². The number of fused-ring (bicyclic) bond motifs is 1. The van der Waals surface area contributed by atoms with E-state index in [0.717, 1.165) is 48.3 Å². The van der Waals surface area contributed by atoms with Crippen molar-refractivity contribution in [3.05, 3.63) is 48.3 Å². The molecule has 1 fully saturated rings. The molecule has 0 amide bonds. The minimum Gasteiger partial charge on any atom is -0.367 e. The third-order valence-corrected chi connectivity index (χ3v) is 4.80. The van der Waals surface area contributed by atoms with E-state index >= 15 is 0 Å². The molecule has 1 saturated carbocycles. The molecule has 0 aliphatic heterocycles. The second-order valence-electron chi connectivity index (χ2n) is 6.58. The van der Waals surface area contributed by atoms with Crippen molar-refractivity contribution in [1.82, 2.24) is 14.6 Å². The summed E-state index contributed by atoms with van der Waals surface area (Å²) in [7, 11) is 0. The highest BCUT2D eigenvalue weighted by atomic mass is 15.2. The van der Waals surface area contributed by atoms with Crippen LogP contribution in [-0.2, 0) is 0 Å². The van der Waals surface area contributed by atoms with Crippen LogP contribution in [0.15, 0.2) is 42.7 Å². The molecule has 3 N–H and O–H groups in total. The first-order chi connectivity index (χ1) is 12.2. The molecule has 126 valence electrons. The number of anilines is 1. The molecule has 0 spiro atoms. The number of hydrogen-bond acceptors (Lipinski definition) is 5. The normalized spacial score (nSPS) is 20.3. The molecule has 4 rings (SSSR count). The van der Waals surface area contributed by atoms with Crippen LogP contribution in [-0.4, -0.2) is 26.7 Å². The van der Waals surface area contributed by atoms with Crippen molar-refractivity contribution in [2.75, 3.05) is 5.32 Å². The maximum atomic E-state index is 9.13. The Morgan fingerprint density at radius 3 is 2.84 bits per heavy atom. The number of pyridine rings is 2. The fraction of sp³-hybridized carbons (Fsp3) is 0.316. The van der Waals surface area contributed by atoms with Crippen LogP contribution >= 0.6 is 0 Å².